The molecule has 0 amide bonds. The summed E-state index contributed by atoms with van der Waals surface area (Å²) in [6, 6.07) is 14.6. The number of para-hydroxylation sites is 1. The van der Waals surface area contributed by atoms with Gasteiger partial charge in [0.2, 0.25) is 0 Å². The number of benzene rings is 2. The zero-order valence-corrected chi connectivity index (χ0v) is 20.7. The lowest BCUT2D eigenvalue weighted by molar-refractivity contribution is 0.0852. The highest BCUT2D eigenvalue weighted by Gasteiger charge is 2.46. The zero-order valence-electron chi connectivity index (χ0n) is 17.3. The maximum absolute atomic E-state index is 6.24. The minimum absolute atomic E-state index is 0.555. The van der Waals surface area contributed by atoms with E-state index in [4.69, 9.17) is 18.3 Å². The first kappa shape index (κ1) is 22.8. The second-order valence-corrected chi connectivity index (χ2v) is 12.0. The first-order valence-electron chi connectivity index (χ1n) is 9.91. The number of aryl methyl sites for hydroxylation is 1. The first-order chi connectivity index (χ1) is 14.2. The van der Waals surface area contributed by atoms with E-state index in [9.17, 15) is 0 Å². The van der Waals surface area contributed by atoms with Gasteiger partial charge in [-0.3, -0.25) is 0 Å². The number of hydrogen-bond acceptors (Lipinski definition) is 7. The fraction of sp³-hybridized carbons (Fsp3) is 0.381. The average Bonchev–Trinajstić information content (AvgIpc) is 3.15. The molecule has 0 bridgehead atoms. The number of hydrogen-bond donors (Lipinski definition) is 0. The molecule has 1 heterocycles. The minimum Gasteiger partial charge on any atom is -0.370 e. The van der Waals surface area contributed by atoms with Crippen LogP contribution in [0.5, 0.6) is 0 Å². The largest absolute Gasteiger partial charge is 0.538 e. The van der Waals surface area contributed by atoms with Crippen LogP contribution in [0.1, 0.15) is 33.3 Å². The van der Waals surface area contributed by atoms with E-state index >= 15 is 0 Å². The van der Waals surface area contributed by atoms with Crippen LogP contribution in [-0.4, -0.2) is 33.6 Å². The fourth-order valence-electron chi connectivity index (χ4n) is 3.17. The number of nitrogens with zero attached hydrogens (tertiary/aromatic N) is 1. The number of aromatic nitrogens is 1. The molecule has 156 valence electrons. The van der Waals surface area contributed by atoms with Gasteiger partial charge in [0.25, 0.3) is 0 Å². The summed E-state index contributed by atoms with van der Waals surface area (Å²) in [4.78, 5) is 5.88. The van der Waals surface area contributed by atoms with Gasteiger partial charge in [-0.1, -0.05) is 42.0 Å². The van der Waals surface area contributed by atoms with Crippen LogP contribution in [0.25, 0.3) is 10.2 Å². The third-order valence-electron chi connectivity index (χ3n) is 4.28. The summed E-state index contributed by atoms with van der Waals surface area (Å²) >= 11 is 1.72. The van der Waals surface area contributed by atoms with Crippen LogP contribution in [0.2, 0.25) is 0 Å². The maximum atomic E-state index is 6.24. The summed E-state index contributed by atoms with van der Waals surface area (Å²) in [5.41, 5.74) is 2.27. The van der Waals surface area contributed by atoms with Crippen molar-refractivity contribution in [1.82, 2.24) is 4.98 Å². The normalized spacial score (nSPS) is 12.0. The monoisotopic (exact) mass is 465 g/mol. The third-order valence-corrected chi connectivity index (χ3v) is 11.4. The van der Waals surface area contributed by atoms with E-state index in [0.717, 1.165) is 26.4 Å². The van der Waals surface area contributed by atoms with Gasteiger partial charge < -0.3 is 13.3 Å². The molecule has 1 aromatic heterocycles. The van der Waals surface area contributed by atoms with E-state index in [0.29, 0.717) is 19.8 Å². The Hall–Kier alpha value is -0.873. The summed E-state index contributed by atoms with van der Waals surface area (Å²) in [5, 5.41) is 1.10. The summed E-state index contributed by atoms with van der Waals surface area (Å²) < 4.78 is 21.0. The molecule has 0 unspecified atom stereocenters. The molecule has 0 aliphatic heterocycles. The van der Waals surface area contributed by atoms with Crippen molar-refractivity contribution < 1.29 is 13.3 Å². The van der Waals surface area contributed by atoms with E-state index in [1.54, 1.807) is 32.9 Å². The van der Waals surface area contributed by atoms with Crippen molar-refractivity contribution in [2.75, 3.05) is 19.8 Å². The van der Waals surface area contributed by atoms with Gasteiger partial charge >= 0.3 is 8.80 Å². The van der Waals surface area contributed by atoms with Crippen LogP contribution in [0.4, 0.5) is 0 Å². The Labute approximate surface area is 186 Å². The number of thiazole rings is 1. The number of fused-ring (bicyclic) bond motifs is 1. The SMILES string of the molecule is CCO[Si](OCC)(OCC)c1c(CC)cccc1SSc1nc2ccccc2s1. The smallest absolute Gasteiger partial charge is 0.370 e. The summed E-state index contributed by atoms with van der Waals surface area (Å²) in [5.74, 6) is 0. The number of rotatable bonds is 11. The first-order valence-corrected chi connectivity index (χ1v) is 14.6. The van der Waals surface area contributed by atoms with E-state index in [2.05, 4.69) is 43.3 Å². The van der Waals surface area contributed by atoms with E-state index in [1.165, 1.54) is 10.3 Å². The van der Waals surface area contributed by atoms with Crippen molar-refractivity contribution >= 4 is 57.1 Å². The predicted molar refractivity (Wildman–Crippen MR) is 127 cm³/mol. The second-order valence-electron chi connectivity index (χ2n) is 6.11. The van der Waals surface area contributed by atoms with Crippen LogP contribution in [0.3, 0.4) is 0 Å². The van der Waals surface area contributed by atoms with Gasteiger partial charge in [0.15, 0.2) is 4.34 Å². The molecular weight excluding hydrogens is 439 g/mol. The molecule has 3 rings (SSSR count). The third kappa shape index (κ3) is 5.25. The van der Waals surface area contributed by atoms with Gasteiger partial charge in [-0.2, -0.15) is 0 Å². The molecule has 0 aliphatic rings. The Kier molecular flexibility index (Phi) is 8.61. The molecule has 4 nitrogen and oxygen atoms in total. The molecule has 0 saturated carbocycles. The van der Waals surface area contributed by atoms with Gasteiger partial charge in [-0.05, 0) is 61.7 Å². The second kappa shape index (κ2) is 10.9. The molecule has 0 fully saturated rings. The Morgan fingerprint density at radius 3 is 2.17 bits per heavy atom. The molecule has 8 heteroatoms. The summed E-state index contributed by atoms with van der Waals surface area (Å²) in [6.45, 7) is 9.82. The lowest BCUT2D eigenvalue weighted by Gasteiger charge is -2.31. The van der Waals surface area contributed by atoms with E-state index < -0.39 is 8.80 Å². The highest BCUT2D eigenvalue weighted by Crippen LogP contribution is 2.41. The summed E-state index contributed by atoms with van der Waals surface area (Å²) in [7, 11) is 0.388. The molecule has 0 radical (unpaired) electrons. The minimum atomic E-state index is -3.00. The highest BCUT2D eigenvalue weighted by atomic mass is 33.1. The molecule has 2 aromatic carbocycles. The topological polar surface area (TPSA) is 40.6 Å². The van der Waals surface area contributed by atoms with Crippen molar-refractivity contribution in [1.29, 1.82) is 0 Å². The average molecular weight is 466 g/mol. The Balaban J connectivity index is 1.97. The Morgan fingerprint density at radius 1 is 0.862 bits per heavy atom. The van der Waals surface area contributed by atoms with Gasteiger partial charge in [0, 0.05) is 29.9 Å². The maximum Gasteiger partial charge on any atom is 0.538 e. The predicted octanol–water partition coefficient (Wildman–Crippen LogP) is 5.91. The van der Waals surface area contributed by atoms with Crippen molar-refractivity contribution in [3.63, 3.8) is 0 Å². The molecule has 0 saturated heterocycles. The van der Waals surface area contributed by atoms with Gasteiger partial charge in [0.1, 0.15) is 0 Å². The van der Waals surface area contributed by atoms with Crippen LogP contribution in [0, 0.1) is 0 Å². The van der Waals surface area contributed by atoms with Crippen LogP contribution < -0.4 is 5.19 Å². The van der Waals surface area contributed by atoms with Crippen molar-refractivity contribution in [3.05, 3.63) is 48.0 Å². The Bertz CT molecular complexity index is 884. The van der Waals surface area contributed by atoms with Gasteiger partial charge in [-0.25, -0.2) is 4.98 Å². The molecule has 0 spiro atoms. The van der Waals surface area contributed by atoms with Crippen molar-refractivity contribution in [2.24, 2.45) is 0 Å². The highest BCUT2D eigenvalue weighted by molar-refractivity contribution is 8.77. The Morgan fingerprint density at radius 2 is 1.55 bits per heavy atom. The van der Waals surface area contributed by atoms with E-state index in [-0.39, 0.29) is 0 Å². The quantitative estimate of drug-likeness (QED) is 0.259. The molecule has 3 aromatic rings. The molecule has 29 heavy (non-hydrogen) atoms. The fourth-order valence-corrected chi connectivity index (χ4v) is 10.2. The molecular formula is C21H27NO3S3Si. The van der Waals surface area contributed by atoms with Crippen LogP contribution >= 0.6 is 32.9 Å². The molecule has 0 N–H and O–H groups in total. The van der Waals surface area contributed by atoms with E-state index in [1.807, 2.05) is 26.8 Å². The van der Waals surface area contributed by atoms with Crippen molar-refractivity contribution in [2.45, 2.75) is 43.4 Å². The van der Waals surface area contributed by atoms with Crippen molar-refractivity contribution in [3.8, 4) is 0 Å². The van der Waals surface area contributed by atoms with Crippen LogP contribution in [-0.2, 0) is 19.7 Å². The van der Waals surface area contributed by atoms with Gasteiger partial charge in [0.05, 0.1) is 10.2 Å². The standard InChI is InChI=1S/C21H27NO3S3Si/c1-5-16-12-11-15-19(20(16)29(23-6-2,24-7-3)25-8-4)27-28-21-22-17-13-9-10-14-18(17)26-21/h9-15H,5-8H2,1-4H3. The van der Waals surface area contributed by atoms with Crippen LogP contribution in [0.15, 0.2) is 51.7 Å². The lowest BCUT2D eigenvalue weighted by atomic mass is 10.2. The summed E-state index contributed by atoms with van der Waals surface area (Å²) in [6.07, 6.45) is 0.900. The molecule has 0 aliphatic carbocycles. The van der Waals surface area contributed by atoms with Gasteiger partial charge in [-0.15, -0.1) is 11.3 Å². The zero-order chi connectivity index (χ0) is 20.7. The molecule has 0 atom stereocenters. The lowest BCUT2D eigenvalue weighted by Crippen LogP contribution is -2.58.